The fourth-order valence-corrected chi connectivity index (χ4v) is 3.53. The Bertz CT molecular complexity index is 879. The van der Waals surface area contributed by atoms with Crippen LogP contribution < -0.4 is 14.8 Å². The van der Waals surface area contributed by atoms with Gasteiger partial charge in [0.1, 0.15) is 6.17 Å². The zero-order valence-electron chi connectivity index (χ0n) is 15.7. The molecule has 0 bridgehead atoms. The number of fused-ring (bicyclic) bond motifs is 1. The molecule has 0 aliphatic carbocycles. The van der Waals surface area contributed by atoms with Crippen molar-refractivity contribution >= 4 is 23.2 Å². The van der Waals surface area contributed by atoms with E-state index in [0.717, 1.165) is 6.42 Å². The molecule has 150 valence electrons. The van der Waals surface area contributed by atoms with Crippen molar-refractivity contribution in [1.29, 1.82) is 0 Å². The smallest absolute Gasteiger partial charge is 0.387 e. The largest absolute Gasteiger partial charge is 0.493 e. The van der Waals surface area contributed by atoms with Gasteiger partial charge in [0.05, 0.1) is 17.7 Å². The monoisotopic (exact) mass is 410 g/mol. The van der Waals surface area contributed by atoms with Crippen LogP contribution in [0.1, 0.15) is 42.4 Å². The second kappa shape index (κ2) is 8.22. The zero-order valence-corrected chi connectivity index (χ0v) is 16.5. The van der Waals surface area contributed by atoms with Gasteiger partial charge in [-0.1, -0.05) is 30.7 Å². The van der Waals surface area contributed by atoms with Gasteiger partial charge in [-0.3, -0.25) is 4.79 Å². The van der Waals surface area contributed by atoms with E-state index in [9.17, 15) is 13.6 Å². The van der Waals surface area contributed by atoms with Gasteiger partial charge in [0.15, 0.2) is 11.5 Å². The van der Waals surface area contributed by atoms with Crippen LogP contribution in [0.15, 0.2) is 36.4 Å². The summed E-state index contributed by atoms with van der Waals surface area (Å²) in [5, 5.41) is 3.33. The highest BCUT2D eigenvalue weighted by molar-refractivity contribution is 6.32. The molecule has 5 nitrogen and oxygen atoms in total. The van der Waals surface area contributed by atoms with Gasteiger partial charge < -0.3 is 19.7 Å². The normalized spacial score (nSPS) is 17.2. The first kappa shape index (κ1) is 20.2. The molecule has 1 aliphatic rings. The number of rotatable bonds is 6. The topological polar surface area (TPSA) is 50.8 Å². The lowest BCUT2D eigenvalue weighted by atomic mass is 10.0. The summed E-state index contributed by atoms with van der Waals surface area (Å²) in [6.45, 7) is 0.908. The molecule has 0 radical (unpaired) electrons. The Balaban J connectivity index is 2.10. The summed E-state index contributed by atoms with van der Waals surface area (Å²) in [4.78, 5) is 14.9. The predicted molar refractivity (Wildman–Crippen MR) is 103 cm³/mol. The van der Waals surface area contributed by atoms with E-state index >= 15 is 0 Å². The van der Waals surface area contributed by atoms with Crippen molar-refractivity contribution in [2.24, 2.45) is 0 Å². The first-order chi connectivity index (χ1) is 13.4. The predicted octanol–water partition coefficient (Wildman–Crippen LogP) is 5.32. The number of carbonyl (C=O) groups excluding carboxylic acids is 1. The van der Waals surface area contributed by atoms with Gasteiger partial charge >= 0.3 is 6.61 Å². The zero-order chi connectivity index (χ0) is 20.4. The van der Waals surface area contributed by atoms with E-state index in [1.54, 1.807) is 17.0 Å². The molecule has 3 rings (SSSR count). The van der Waals surface area contributed by atoms with Crippen LogP contribution in [0.2, 0.25) is 5.02 Å². The van der Waals surface area contributed by atoms with E-state index in [2.05, 4.69) is 10.1 Å². The van der Waals surface area contributed by atoms with Gasteiger partial charge in [0, 0.05) is 17.3 Å². The number of halogens is 3. The molecule has 0 aromatic heterocycles. The first-order valence-corrected chi connectivity index (χ1v) is 9.25. The molecule has 0 spiro atoms. The Morgan fingerprint density at radius 3 is 2.64 bits per heavy atom. The highest BCUT2D eigenvalue weighted by atomic mass is 35.5. The highest BCUT2D eigenvalue weighted by Crippen LogP contribution is 2.42. The van der Waals surface area contributed by atoms with Crippen molar-refractivity contribution in [1.82, 2.24) is 4.90 Å². The number of amides is 1. The number of nitrogens with zero attached hydrogens (tertiary/aromatic N) is 1. The highest BCUT2D eigenvalue weighted by Gasteiger charge is 2.36. The lowest BCUT2D eigenvalue weighted by Gasteiger charge is -2.41. The standard InChI is InChI=1S/C20H21ClF2N2O3/c1-4-11(2)25-18(24-15-8-6-5-7-13(15)19(25)26)12-9-14(21)17(28-20(22)23)16(10-12)27-3/h5-11,18,20,24H,4H2,1-3H3/t11-,18+/m1/s1. The molecule has 2 aromatic carbocycles. The Labute approximate surface area is 167 Å². The van der Waals surface area contributed by atoms with E-state index in [1.165, 1.54) is 13.2 Å². The van der Waals surface area contributed by atoms with Crippen LogP contribution in [0.3, 0.4) is 0 Å². The minimum absolute atomic E-state index is 0.0214. The average Bonchev–Trinajstić information content (AvgIpc) is 2.68. The molecule has 2 aromatic rings. The molecule has 2 atom stereocenters. The maximum Gasteiger partial charge on any atom is 0.387 e. The number of methoxy groups -OCH3 is 1. The number of para-hydroxylation sites is 1. The number of hydrogen-bond donors (Lipinski definition) is 1. The summed E-state index contributed by atoms with van der Waals surface area (Å²) in [5.74, 6) is -0.280. The Hall–Kier alpha value is -2.54. The minimum atomic E-state index is -3.03. The van der Waals surface area contributed by atoms with Crippen molar-refractivity contribution in [3.63, 3.8) is 0 Å². The molecule has 1 amide bonds. The van der Waals surface area contributed by atoms with Crippen LogP contribution in [0.4, 0.5) is 14.5 Å². The molecule has 1 N–H and O–H groups in total. The summed E-state index contributed by atoms with van der Waals surface area (Å²) >= 11 is 6.20. The second-order valence-electron chi connectivity index (χ2n) is 6.47. The molecule has 0 unspecified atom stereocenters. The summed E-state index contributed by atoms with van der Waals surface area (Å²) in [6, 6.07) is 10.2. The van der Waals surface area contributed by atoms with E-state index in [-0.39, 0.29) is 28.5 Å². The molecular weight excluding hydrogens is 390 g/mol. The van der Waals surface area contributed by atoms with Gasteiger partial charge in [0.2, 0.25) is 0 Å². The lowest BCUT2D eigenvalue weighted by Crippen LogP contribution is -2.47. The van der Waals surface area contributed by atoms with Crippen LogP contribution in [0.25, 0.3) is 0 Å². The fourth-order valence-electron chi connectivity index (χ4n) is 3.27. The molecule has 0 saturated carbocycles. The molecule has 1 heterocycles. The average molecular weight is 411 g/mol. The SMILES string of the molecule is CC[C@@H](C)N1C(=O)c2ccccc2N[C@@H]1c1cc(Cl)c(OC(F)F)c(OC)c1. The molecule has 28 heavy (non-hydrogen) atoms. The molecule has 0 saturated heterocycles. The Morgan fingerprint density at radius 1 is 1.29 bits per heavy atom. The van der Waals surface area contributed by atoms with E-state index < -0.39 is 12.8 Å². The van der Waals surface area contributed by atoms with Crippen molar-refractivity contribution in [2.45, 2.75) is 39.1 Å². The van der Waals surface area contributed by atoms with Crippen LogP contribution in [-0.4, -0.2) is 30.6 Å². The van der Waals surface area contributed by atoms with E-state index in [1.807, 2.05) is 32.0 Å². The van der Waals surface area contributed by atoms with E-state index in [4.69, 9.17) is 16.3 Å². The first-order valence-electron chi connectivity index (χ1n) is 8.87. The minimum Gasteiger partial charge on any atom is -0.493 e. The number of benzene rings is 2. The second-order valence-corrected chi connectivity index (χ2v) is 6.88. The Kier molecular flexibility index (Phi) is 5.93. The van der Waals surface area contributed by atoms with Crippen LogP contribution >= 0.6 is 11.6 Å². The van der Waals surface area contributed by atoms with Gasteiger partial charge in [-0.25, -0.2) is 0 Å². The third kappa shape index (κ3) is 3.71. The van der Waals surface area contributed by atoms with Gasteiger partial charge in [-0.05, 0) is 37.6 Å². The number of hydrogen-bond acceptors (Lipinski definition) is 4. The maximum absolute atomic E-state index is 13.2. The molecule has 8 heteroatoms. The van der Waals surface area contributed by atoms with Crippen LogP contribution in [0, 0.1) is 0 Å². The number of carbonyl (C=O) groups is 1. The molecule has 0 fully saturated rings. The number of ether oxygens (including phenoxy) is 2. The summed E-state index contributed by atoms with van der Waals surface area (Å²) in [6.07, 6.45) is 0.202. The van der Waals surface area contributed by atoms with Crippen molar-refractivity contribution < 1.29 is 23.0 Å². The quantitative estimate of drug-likeness (QED) is 0.700. The van der Waals surface area contributed by atoms with Crippen LogP contribution in [0.5, 0.6) is 11.5 Å². The van der Waals surface area contributed by atoms with Gasteiger partial charge in [-0.2, -0.15) is 8.78 Å². The molecule has 1 aliphatic heterocycles. The summed E-state index contributed by atoms with van der Waals surface area (Å²) < 4.78 is 35.1. The van der Waals surface area contributed by atoms with E-state index in [0.29, 0.717) is 16.8 Å². The van der Waals surface area contributed by atoms with Crippen molar-refractivity contribution in [3.8, 4) is 11.5 Å². The van der Waals surface area contributed by atoms with Gasteiger partial charge in [-0.15, -0.1) is 0 Å². The van der Waals surface area contributed by atoms with Crippen LogP contribution in [-0.2, 0) is 0 Å². The lowest BCUT2D eigenvalue weighted by molar-refractivity contribution is -0.0511. The molecular formula is C20H21ClF2N2O3. The van der Waals surface area contributed by atoms with Crippen molar-refractivity contribution in [2.75, 3.05) is 12.4 Å². The maximum atomic E-state index is 13.2. The summed E-state index contributed by atoms with van der Waals surface area (Å²) in [7, 11) is 1.34. The Morgan fingerprint density at radius 2 is 2.00 bits per heavy atom. The number of nitrogens with one attached hydrogen (secondary N) is 1. The summed E-state index contributed by atoms with van der Waals surface area (Å²) in [5.41, 5.74) is 1.88. The third-order valence-corrected chi connectivity index (χ3v) is 5.08. The number of anilines is 1. The van der Waals surface area contributed by atoms with Gasteiger partial charge in [0.25, 0.3) is 5.91 Å². The number of alkyl halides is 2. The third-order valence-electron chi connectivity index (χ3n) is 4.80. The van der Waals surface area contributed by atoms with Crippen molar-refractivity contribution in [3.05, 3.63) is 52.5 Å². The fraction of sp³-hybridized carbons (Fsp3) is 0.350.